The zero-order chi connectivity index (χ0) is 14.9. The summed E-state index contributed by atoms with van der Waals surface area (Å²) in [5, 5.41) is 9.98. The van der Waals surface area contributed by atoms with Gasteiger partial charge >= 0.3 is 6.36 Å². The van der Waals surface area contributed by atoms with E-state index in [9.17, 15) is 22.7 Å². The number of hydrogen-bond acceptors (Lipinski definition) is 3. The van der Waals surface area contributed by atoms with Crippen LogP contribution in [0.3, 0.4) is 0 Å². The molecule has 0 aliphatic heterocycles. The van der Waals surface area contributed by atoms with Gasteiger partial charge in [0, 0.05) is 0 Å². The molecule has 3 N–H and O–H groups in total. The van der Waals surface area contributed by atoms with Gasteiger partial charge in [0.05, 0.1) is 12.1 Å². The third-order valence-electron chi connectivity index (χ3n) is 3.57. The van der Waals surface area contributed by atoms with E-state index in [1.165, 1.54) is 6.07 Å². The Morgan fingerprint density at radius 1 is 1.30 bits per heavy atom. The van der Waals surface area contributed by atoms with Gasteiger partial charge in [-0.1, -0.05) is 12.5 Å². The summed E-state index contributed by atoms with van der Waals surface area (Å²) in [4.78, 5) is 0. The van der Waals surface area contributed by atoms with Crippen LogP contribution in [0.5, 0.6) is 5.75 Å². The molecule has 0 aromatic heterocycles. The monoisotopic (exact) mass is 293 g/mol. The van der Waals surface area contributed by atoms with Crippen molar-refractivity contribution in [1.82, 2.24) is 0 Å². The van der Waals surface area contributed by atoms with Gasteiger partial charge < -0.3 is 15.6 Å². The fourth-order valence-corrected chi connectivity index (χ4v) is 2.20. The number of halogens is 4. The minimum absolute atomic E-state index is 0.0687. The van der Waals surface area contributed by atoms with Crippen LogP contribution in [0.2, 0.25) is 0 Å². The van der Waals surface area contributed by atoms with Crippen LogP contribution >= 0.6 is 0 Å². The summed E-state index contributed by atoms with van der Waals surface area (Å²) in [6, 6.07) is 2.14. The van der Waals surface area contributed by atoms with E-state index in [1.807, 2.05) is 0 Å². The van der Waals surface area contributed by atoms with Gasteiger partial charge in [0.1, 0.15) is 0 Å². The maximum Gasteiger partial charge on any atom is 0.573 e. The Morgan fingerprint density at radius 3 is 2.40 bits per heavy atom. The van der Waals surface area contributed by atoms with Crippen LogP contribution in [-0.4, -0.2) is 17.6 Å². The number of aliphatic hydroxyl groups is 1. The van der Waals surface area contributed by atoms with Gasteiger partial charge in [0.25, 0.3) is 0 Å². The van der Waals surface area contributed by atoms with Crippen molar-refractivity contribution < 1.29 is 27.4 Å². The second-order valence-corrected chi connectivity index (χ2v) is 4.95. The average molecular weight is 293 g/mol. The molecular weight excluding hydrogens is 278 g/mol. The van der Waals surface area contributed by atoms with Gasteiger partial charge in [-0.2, -0.15) is 0 Å². The zero-order valence-corrected chi connectivity index (χ0v) is 10.5. The first-order valence-corrected chi connectivity index (χ1v) is 6.27. The highest BCUT2D eigenvalue weighted by Crippen LogP contribution is 2.35. The molecule has 0 unspecified atom stereocenters. The average Bonchev–Trinajstić information content (AvgIpc) is 2.27. The third-order valence-corrected chi connectivity index (χ3v) is 3.57. The summed E-state index contributed by atoms with van der Waals surface area (Å²) in [7, 11) is 0. The minimum Gasteiger partial charge on any atom is -0.403 e. The second-order valence-electron chi connectivity index (χ2n) is 4.95. The Morgan fingerprint density at radius 2 is 1.95 bits per heavy atom. The Kier molecular flexibility index (Phi) is 4.19. The Balaban J connectivity index is 2.11. The Labute approximate surface area is 113 Å². The first-order chi connectivity index (χ1) is 9.28. The van der Waals surface area contributed by atoms with Gasteiger partial charge in [-0.15, -0.1) is 13.2 Å². The van der Waals surface area contributed by atoms with Crippen LogP contribution in [0, 0.1) is 11.7 Å². The fraction of sp³-hybridized carbons (Fsp3) is 0.538. The van der Waals surface area contributed by atoms with E-state index in [-0.39, 0.29) is 11.5 Å². The lowest BCUT2D eigenvalue weighted by Crippen LogP contribution is -2.36. The molecular formula is C13H15F4NO2. The molecule has 0 radical (unpaired) electrons. The highest BCUT2D eigenvalue weighted by Gasteiger charge is 2.33. The van der Waals surface area contributed by atoms with Gasteiger partial charge in [-0.3, -0.25) is 0 Å². The van der Waals surface area contributed by atoms with Crippen molar-refractivity contribution in [2.45, 2.75) is 37.8 Å². The quantitative estimate of drug-likeness (QED) is 0.839. The maximum atomic E-state index is 13.5. The van der Waals surface area contributed by atoms with Crippen molar-refractivity contribution in [2.24, 2.45) is 11.7 Å². The predicted octanol–water partition coefficient (Wildman–Crippen LogP) is 2.89. The Bertz CT molecular complexity index is 474. The first-order valence-electron chi connectivity index (χ1n) is 6.27. The summed E-state index contributed by atoms with van der Waals surface area (Å²) in [6.45, 7) is 0. The van der Waals surface area contributed by atoms with Gasteiger partial charge in [0.15, 0.2) is 11.6 Å². The predicted molar refractivity (Wildman–Crippen MR) is 63.4 cm³/mol. The molecule has 1 fully saturated rings. The largest absolute Gasteiger partial charge is 0.573 e. The molecule has 0 spiro atoms. The standard InChI is InChI=1S/C13H15F4NO2/c14-9-6-8(4-5-10(9)20-13(15,16)17)11(18)12(19)7-2-1-3-7/h4-7,11-12,19H,1-3,18H2/t11-,12+/m1/s1. The minimum atomic E-state index is -4.95. The van der Waals surface area contributed by atoms with Crippen molar-refractivity contribution in [2.75, 3.05) is 0 Å². The van der Waals surface area contributed by atoms with E-state index >= 15 is 0 Å². The molecule has 0 saturated heterocycles. The zero-order valence-electron chi connectivity index (χ0n) is 10.5. The molecule has 1 aliphatic carbocycles. The van der Waals surface area contributed by atoms with Crippen LogP contribution in [0.15, 0.2) is 18.2 Å². The number of nitrogens with two attached hydrogens (primary N) is 1. The first kappa shape index (κ1) is 15.1. The fourth-order valence-electron chi connectivity index (χ4n) is 2.20. The van der Waals surface area contributed by atoms with Crippen LogP contribution in [0.1, 0.15) is 30.9 Å². The van der Waals surface area contributed by atoms with E-state index in [0.29, 0.717) is 0 Å². The molecule has 0 heterocycles. The molecule has 2 atom stereocenters. The molecule has 0 bridgehead atoms. The van der Waals surface area contributed by atoms with Crippen molar-refractivity contribution >= 4 is 0 Å². The summed E-state index contributed by atoms with van der Waals surface area (Å²) in [6.07, 6.45) is -3.05. The summed E-state index contributed by atoms with van der Waals surface area (Å²) < 4.78 is 53.1. The van der Waals surface area contributed by atoms with Crippen molar-refractivity contribution in [3.63, 3.8) is 0 Å². The van der Waals surface area contributed by atoms with Crippen molar-refractivity contribution in [3.8, 4) is 5.75 Å². The van der Waals surface area contributed by atoms with E-state index in [1.54, 1.807) is 0 Å². The molecule has 1 aliphatic rings. The number of hydrogen-bond donors (Lipinski definition) is 2. The highest BCUT2D eigenvalue weighted by molar-refractivity contribution is 5.31. The van der Waals surface area contributed by atoms with Crippen LogP contribution in [0.4, 0.5) is 17.6 Å². The molecule has 20 heavy (non-hydrogen) atoms. The lowest BCUT2D eigenvalue weighted by Gasteiger charge is -2.33. The number of ether oxygens (including phenoxy) is 1. The van der Waals surface area contributed by atoms with Crippen LogP contribution < -0.4 is 10.5 Å². The van der Waals surface area contributed by atoms with Crippen molar-refractivity contribution in [1.29, 1.82) is 0 Å². The number of alkyl halides is 3. The highest BCUT2D eigenvalue weighted by atomic mass is 19.4. The molecule has 1 aromatic carbocycles. The lowest BCUT2D eigenvalue weighted by atomic mass is 9.77. The van der Waals surface area contributed by atoms with Crippen LogP contribution in [0.25, 0.3) is 0 Å². The molecule has 112 valence electrons. The van der Waals surface area contributed by atoms with Crippen LogP contribution in [-0.2, 0) is 0 Å². The third kappa shape index (κ3) is 3.40. The lowest BCUT2D eigenvalue weighted by molar-refractivity contribution is -0.275. The molecule has 3 nitrogen and oxygen atoms in total. The van der Waals surface area contributed by atoms with Gasteiger partial charge in [0.2, 0.25) is 0 Å². The smallest absolute Gasteiger partial charge is 0.403 e. The molecule has 1 saturated carbocycles. The van der Waals surface area contributed by atoms with Gasteiger partial charge in [-0.05, 0) is 36.5 Å². The summed E-state index contributed by atoms with van der Waals surface area (Å²) in [5.41, 5.74) is 6.06. The van der Waals surface area contributed by atoms with Crippen molar-refractivity contribution in [3.05, 3.63) is 29.6 Å². The Hall–Kier alpha value is -1.34. The maximum absolute atomic E-state index is 13.5. The van der Waals surface area contributed by atoms with E-state index in [0.717, 1.165) is 31.4 Å². The summed E-state index contributed by atoms with van der Waals surface area (Å²) in [5.74, 6) is -2.00. The molecule has 0 amide bonds. The van der Waals surface area contributed by atoms with E-state index in [4.69, 9.17) is 5.73 Å². The normalized spacial score (nSPS) is 19.3. The second kappa shape index (κ2) is 5.57. The topological polar surface area (TPSA) is 55.5 Å². The van der Waals surface area contributed by atoms with Gasteiger partial charge in [-0.25, -0.2) is 4.39 Å². The molecule has 2 rings (SSSR count). The van der Waals surface area contributed by atoms with E-state index in [2.05, 4.69) is 4.74 Å². The summed E-state index contributed by atoms with van der Waals surface area (Å²) >= 11 is 0. The number of benzene rings is 1. The molecule has 1 aromatic rings. The number of aliphatic hydroxyl groups excluding tert-OH is 1. The number of rotatable bonds is 4. The van der Waals surface area contributed by atoms with E-state index < -0.39 is 30.1 Å². The SMILES string of the molecule is N[C@H](c1ccc(OC(F)(F)F)c(F)c1)[C@@H](O)C1CCC1. The molecule has 7 heteroatoms.